The molecule has 1 fully saturated rings. The predicted octanol–water partition coefficient (Wildman–Crippen LogP) is 2.92. The Morgan fingerprint density at radius 2 is 2.06 bits per heavy atom. The molecule has 2 aliphatic heterocycles. The minimum absolute atomic E-state index is 0.00314. The first-order valence-electron chi connectivity index (χ1n) is 5.86. The van der Waals surface area contributed by atoms with Gasteiger partial charge in [0.2, 0.25) is 5.96 Å². The summed E-state index contributed by atoms with van der Waals surface area (Å²) in [5.41, 5.74) is 2.91. The minimum atomic E-state index is 0.00314. The molecular formula is C12H16ClN3. The molecule has 0 aromatic carbocycles. The number of guanidine groups is 1. The third-order valence-corrected chi connectivity index (χ3v) is 3.58. The van der Waals surface area contributed by atoms with Gasteiger partial charge in [0, 0.05) is 18.7 Å². The van der Waals surface area contributed by atoms with Gasteiger partial charge in [0.15, 0.2) is 0 Å². The number of rotatable bonds is 0. The van der Waals surface area contributed by atoms with Gasteiger partial charge in [-0.2, -0.15) is 0 Å². The van der Waals surface area contributed by atoms with Crippen LogP contribution in [-0.2, 0) is 0 Å². The zero-order valence-electron chi connectivity index (χ0n) is 9.76. The zero-order valence-corrected chi connectivity index (χ0v) is 10.5. The lowest BCUT2D eigenvalue weighted by atomic mass is 9.99. The van der Waals surface area contributed by atoms with E-state index in [0.717, 1.165) is 25.3 Å². The van der Waals surface area contributed by atoms with Crippen LogP contribution in [0.4, 0.5) is 0 Å². The van der Waals surface area contributed by atoms with Crippen LogP contribution >= 0.6 is 11.6 Å². The van der Waals surface area contributed by atoms with E-state index in [-0.39, 0.29) is 5.54 Å². The molecule has 3 aliphatic rings. The quantitative estimate of drug-likeness (QED) is 0.637. The summed E-state index contributed by atoms with van der Waals surface area (Å²) in [6.45, 7) is 5.33. The van der Waals surface area contributed by atoms with Gasteiger partial charge in [0.05, 0.1) is 5.54 Å². The summed E-state index contributed by atoms with van der Waals surface area (Å²) in [4.78, 5) is 11.3. The Morgan fingerprint density at radius 3 is 2.75 bits per heavy atom. The molecule has 3 nitrogen and oxygen atoms in total. The molecule has 0 spiro atoms. The Kier molecular flexibility index (Phi) is 2.15. The van der Waals surface area contributed by atoms with E-state index in [1.807, 2.05) is 0 Å². The number of hydrogen-bond acceptors (Lipinski definition) is 3. The van der Waals surface area contributed by atoms with Crippen molar-refractivity contribution in [3.63, 3.8) is 0 Å². The molecule has 0 aromatic rings. The maximum atomic E-state index is 6.10. The van der Waals surface area contributed by atoms with Crippen molar-refractivity contribution in [2.24, 2.45) is 9.98 Å². The van der Waals surface area contributed by atoms with E-state index in [1.165, 1.54) is 18.5 Å². The minimum Gasteiger partial charge on any atom is -0.314 e. The number of hydrogen-bond donors (Lipinski definition) is 0. The largest absolute Gasteiger partial charge is 0.314 e. The van der Waals surface area contributed by atoms with Gasteiger partial charge in [0.1, 0.15) is 5.17 Å². The lowest BCUT2D eigenvalue weighted by Gasteiger charge is -2.37. The Hall–Kier alpha value is -0.830. The van der Waals surface area contributed by atoms with Crippen molar-refractivity contribution in [3.8, 4) is 0 Å². The molecule has 16 heavy (non-hydrogen) atoms. The second-order valence-corrected chi connectivity index (χ2v) is 5.78. The first kappa shape index (κ1) is 10.3. The molecule has 0 atom stereocenters. The van der Waals surface area contributed by atoms with Crippen LogP contribution in [0.3, 0.4) is 0 Å². The molecule has 0 aromatic heterocycles. The van der Waals surface area contributed by atoms with Crippen LogP contribution in [0.1, 0.15) is 39.5 Å². The van der Waals surface area contributed by atoms with Crippen molar-refractivity contribution in [2.45, 2.75) is 45.1 Å². The molecular weight excluding hydrogens is 222 g/mol. The van der Waals surface area contributed by atoms with E-state index < -0.39 is 0 Å². The summed E-state index contributed by atoms with van der Waals surface area (Å²) >= 11 is 6.10. The van der Waals surface area contributed by atoms with Gasteiger partial charge in [-0.1, -0.05) is 11.6 Å². The maximum Gasteiger partial charge on any atom is 0.226 e. The topological polar surface area (TPSA) is 28.0 Å². The Labute approximate surface area is 101 Å². The first-order chi connectivity index (χ1) is 7.55. The summed E-state index contributed by atoms with van der Waals surface area (Å²) in [5.74, 6) is 0.821. The van der Waals surface area contributed by atoms with E-state index in [2.05, 4.69) is 28.7 Å². The smallest absolute Gasteiger partial charge is 0.226 e. The van der Waals surface area contributed by atoms with Gasteiger partial charge in [0.25, 0.3) is 0 Å². The van der Waals surface area contributed by atoms with E-state index in [1.54, 1.807) is 5.57 Å². The SMILES string of the molecule is CC1(C)CCN2C(=N1)N=C(Cl)CC2=C1CC1. The van der Waals surface area contributed by atoms with Gasteiger partial charge < -0.3 is 4.90 Å². The monoisotopic (exact) mass is 237 g/mol. The average molecular weight is 238 g/mol. The Bertz CT molecular complexity index is 426. The highest BCUT2D eigenvalue weighted by Gasteiger charge is 2.34. The Balaban J connectivity index is 2.04. The molecule has 0 saturated heterocycles. The summed E-state index contributed by atoms with van der Waals surface area (Å²) in [6.07, 6.45) is 4.34. The lowest BCUT2D eigenvalue weighted by Crippen LogP contribution is -2.43. The number of nitrogens with zero attached hydrogens (tertiary/aromatic N) is 3. The normalized spacial score (nSPS) is 27.3. The van der Waals surface area contributed by atoms with Gasteiger partial charge in [-0.25, -0.2) is 9.98 Å². The first-order valence-corrected chi connectivity index (χ1v) is 6.24. The highest BCUT2D eigenvalue weighted by molar-refractivity contribution is 6.66. The van der Waals surface area contributed by atoms with Crippen LogP contribution in [-0.4, -0.2) is 28.1 Å². The number of halogens is 1. The number of fused-ring (bicyclic) bond motifs is 1. The van der Waals surface area contributed by atoms with Crippen LogP contribution in [0, 0.1) is 0 Å². The summed E-state index contributed by atoms with van der Waals surface area (Å²) in [6, 6.07) is 0. The maximum absolute atomic E-state index is 6.10. The average Bonchev–Trinajstić information content (AvgIpc) is 2.97. The van der Waals surface area contributed by atoms with Crippen LogP contribution in [0.5, 0.6) is 0 Å². The van der Waals surface area contributed by atoms with Crippen molar-refractivity contribution in [1.82, 2.24) is 4.90 Å². The van der Waals surface area contributed by atoms with Crippen LogP contribution in [0.2, 0.25) is 0 Å². The fraction of sp³-hybridized carbons (Fsp3) is 0.667. The second kappa shape index (κ2) is 3.33. The van der Waals surface area contributed by atoms with Crippen LogP contribution in [0.15, 0.2) is 21.3 Å². The highest BCUT2D eigenvalue weighted by atomic mass is 35.5. The Morgan fingerprint density at radius 1 is 1.31 bits per heavy atom. The van der Waals surface area contributed by atoms with Crippen LogP contribution < -0.4 is 0 Å². The van der Waals surface area contributed by atoms with E-state index in [9.17, 15) is 0 Å². The third kappa shape index (κ3) is 1.77. The van der Waals surface area contributed by atoms with Gasteiger partial charge in [-0.05, 0) is 38.7 Å². The summed E-state index contributed by atoms with van der Waals surface area (Å²) in [5, 5.41) is 0.683. The third-order valence-electron chi connectivity index (χ3n) is 3.36. The van der Waals surface area contributed by atoms with Crippen molar-refractivity contribution in [2.75, 3.05) is 6.54 Å². The van der Waals surface area contributed by atoms with Gasteiger partial charge in [-0.15, -0.1) is 0 Å². The van der Waals surface area contributed by atoms with Gasteiger partial charge in [-0.3, -0.25) is 0 Å². The molecule has 1 saturated carbocycles. The second-order valence-electron chi connectivity index (χ2n) is 5.34. The van der Waals surface area contributed by atoms with E-state index >= 15 is 0 Å². The lowest BCUT2D eigenvalue weighted by molar-refractivity contribution is 0.353. The predicted molar refractivity (Wildman–Crippen MR) is 67.0 cm³/mol. The molecule has 86 valence electrons. The number of aliphatic imine (C=N–C) groups is 2. The standard InChI is InChI=1S/C12H16ClN3/c1-12(2)5-6-16-9(8-3-4-8)7-10(13)14-11(16)15-12/h3-7H2,1-2H3. The molecule has 2 heterocycles. The molecule has 0 unspecified atom stereocenters. The number of allylic oxidation sites excluding steroid dienone is 2. The van der Waals surface area contributed by atoms with Crippen molar-refractivity contribution in [3.05, 3.63) is 11.3 Å². The van der Waals surface area contributed by atoms with Crippen molar-refractivity contribution < 1.29 is 0 Å². The highest BCUT2D eigenvalue weighted by Crippen LogP contribution is 2.38. The van der Waals surface area contributed by atoms with Crippen molar-refractivity contribution in [1.29, 1.82) is 0 Å². The molecule has 1 aliphatic carbocycles. The van der Waals surface area contributed by atoms with E-state index in [4.69, 9.17) is 11.6 Å². The fourth-order valence-electron chi connectivity index (χ4n) is 2.26. The van der Waals surface area contributed by atoms with Gasteiger partial charge >= 0.3 is 0 Å². The molecule has 3 rings (SSSR count). The summed E-state index contributed by atoms with van der Waals surface area (Å²) in [7, 11) is 0. The van der Waals surface area contributed by atoms with Crippen LogP contribution in [0.25, 0.3) is 0 Å². The van der Waals surface area contributed by atoms with Crippen molar-refractivity contribution >= 4 is 22.7 Å². The fourth-order valence-corrected chi connectivity index (χ4v) is 2.46. The molecule has 0 bridgehead atoms. The van der Waals surface area contributed by atoms with E-state index in [0.29, 0.717) is 5.17 Å². The summed E-state index contributed by atoms with van der Waals surface area (Å²) < 4.78 is 0. The molecule has 0 amide bonds. The molecule has 4 heteroatoms. The molecule has 0 N–H and O–H groups in total. The molecule has 0 radical (unpaired) electrons. The zero-order chi connectivity index (χ0) is 11.3.